The first-order chi connectivity index (χ1) is 11.5. The molecule has 8 heteroatoms. The van der Waals surface area contributed by atoms with E-state index in [4.69, 9.17) is 21.1 Å². The second kappa shape index (κ2) is 7.04. The smallest absolute Gasteiger partial charge is 0.258 e. The Morgan fingerprint density at radius 1 is 1.42 bits per heavy atom. The minimum Gasteiger partial charge on any atom is -0.483 e. The molecule has 2 heterocycles. The SMILES string of the molecule is C[C@H](Oc1ccc(Cl)cc1)c1nnc(NC(=O)[C@]2(C)CCCO2)s1. The van der Waals surface area contributed by atoms with E-state index in [0.29, 0.717) is 33.9 Å². The fourth-order valence-corrected chi connectivity index (χ4v) is 3.25. The van der Waals surface area contributed by atoms with E-state index in [1.165, 1.54) is 11.3 Å². The van der Waals surface area contributed by atoms with Crippen LogP contribution in [0.2, 0.25) is 5.02 Å². The Morgan fingerprint density at radius 3 is 2.83 bits per heavy atom. The molecular formula is C16H18ClN3O3S. The number of ether oxygens (including phenoxy) is 2. The Hall–Kier alpha value is -1.70. The lowest BCUT2D eigenvalue weighted by molar-refractivity contribution is -0.133. The van der Waals surface area contributed by atoms with E-state index in [2.05, 4.69) is 15.5 Å². The summed E-state index contributed by atoms with van der Waals surface area (Å²) >= 11 is 7.14. The van der Waals surface area contributed by atoms with Crippen LogP contribution in [0, 0.1) is 0 Å². The van der Waals surface area contributed by atoms with E-state index in [0.717, 1.165) is 6.42 Å². The van der Waals surface area contributed by atoms with Crippen LogP contribution in [0.4, 0.5) is 5.13 Å². The molecule has 3 rings (SSSR count). The van der Waals surface area contributed by atoms with Gasteiger partial charge in [0.25, 0.3) is 5.91 Å². The van der Waals surface area contributed by atoms with Crippen LogP contribution in [0.15, 0.2) is 24.3 Å². The number of benzene rings is 1. The molecule has 2 atom stereocenters. The average molecular weight is 368 g/mol. The molecule has 1 aromatic heterocycles. The molecule has 1 aromatic carbocycles. The largest absolute Gasteiger partial charge is 0.483 e. The summed E-state index contributed by atoms with van der Waals surface area (Å²) in [5.74, 6) is 0.508. The van der Waals surface area contributed by atoms with Gasteiger partial charge in [-0.2, -0.15) is 0 Å². The highest BCUT2D eigenvalue weighted by molar-refractivity contribution is 7.15. The fraction of sp³-hybridized carbons (Fsp3) is 0.438. The van der Waals surface area contributed by atoms with Gasteiger partial charge in [0.1, 0.15) is 17.5 Å². The Morgan fingerprint density at radius 2 is 2.17 bits per heavy atom. The molecule has 0 unspecified atom stereocenters. The third-order valence-electron chi connectivity index (χ3n) is 3.83. The van der Waals surface area contributed by atoms with E-state index in [9.17, 15) is 4.79 Å². The van der Waals surface area contributed by atoms with Crippen molar-refractivity contribution in [1.29, 1.82) is 0 Å². The molecule has 1 fully saturated rings. The maximum Gasteiger partial charge on any atom is 0.258 e. The molecular weight excluding hydrogens is 350 g/mol. The molecule has 1 aliphatic heterocycles. The number of carbonyl (C=O) groups excluding carboxylic acids is 1. The van der Waals surface area contributed by atoms with Crippen LogP contribution in [0.5, 0.6) is 5.75 Å². The lowest BCUT2D eigenvalue weighted by atomic mass is 10.0. The number of rotatable bonds is 5. The molecule has 0 bridgehead atoms. The average Bonchev–Trinajstić information content (AvgIpc) is 3.20. The van der Waals surface area contributed by atoms with Gasteiger partial charge in [-0.3, -0.25) is 10.1 Å². The third-order valence-corrected chi connectivity index (χ3v) is 5.09. The number of carbonyl (C=O) groups is 1. The van der Waals surface area contributed by atoms with Crippen molar-refractivity contribution in [1.82, 2.24) is 10.2 Å². The summed E-state index contributed by atoms with van der Waals surface area (Å²) in [6, 6.07) is 7.11. The summed E-state index contributed by atoms with van der Waals surface area (Å²) in [6.45, 7) is 4.28. The fourth-order valence-electron chi connectivity index (χ4n) is 2.40. The maximum absolute atomic E-state index is 12.3. The number of anilines is 1. The van der Waals surface area contributed by atoms with Crippen LogP contribution in [0.3, 0.4) is 0 Å². The Labute approximate surface area is 149 Å². The zero-order valence-electron chi connectivity index (χ0n) is 13.4. The van der Waals surface area contributed by atoms with Gasteiger partial charge in [0.2, 0.25) is 5.13 Å². The first-order valence-electron chi connectivity index (χ1n) is 7.67. The first kappa shape index (κ1) is 17.1. The number of hydrogen-bond donors (Lipinski definition) is 1. The summed E-state index contributed by atoms with van der Waals surface area (Å²) < 4.78 is 11.3. The molecule has 0 radical (unpaired) electrons. The van der Waals surface area contributed by atoms with E-state index in [1.807, 2.05) is 6.92 Å². The van der Waals surface area contributed by atoms with Crippen molar-refractivity contribution < 1.29 is 14.3 Å². The van der Waals surface area contributed by atoms with Crippen LogP contribution in [0.25, 0.3) is 0 Å². The summed E-state index contributed by atoms with van der Waals surface area (Å²) in [7, 11) is 0. The van der Waals surface area contributed by atoms with Crippen molar-refractivity contribution in [3.05, 3.63) is 34.3 Å². The molecule has 1 aliphatic rings. The summed E-state index contributed by atoms with van der Waals surface area (Å²) in [6.07, 6.45) is 1.31. The highest BCUT2D eigenvalue weighted by atomic mass is 35.5. The van der Waals surface area contributed by atoms with Crippen molar-refractivity contribution in [3.8, 4) is 5.75 Å². The summed E-state index contributed by atoms with van der Waals surface area (Å²) in [4.78, 5) is 12.3. The number of nitrogens with zero attached hydrogens (tertiary/aromatic N) is 2. The molecule has 2 aromatic rings. The molecule has 0 spiro atoms. The number of hydrogen-bond acceptors (Lipinski definition) is 6. The Kier molecular flexibility index (Phi) is 5.03. The second-order valence-electron chi connectivity index (χ2n) is 5.80. The van der Waals surface area contributed by atoms with Gasteiger partial charge in [0, 0.05) is 11.6 Å². The van der Waals surface area contributed by atoms with Crippen LogP contribution >= 0.6 is 22.9 Å². The van der Waals surface area contributed by atoms with Gasteiger partial charge < -0.3 is 9.47 Å². The first-order valence-corrected chi connectivity index (χ1v) is 8.87. The highest BCUT2D eigenvalue weighted by Crippen LogP contribution is 2.30. The van der Waals surface area contributed by atoms with Gasteiger partial charge in [-0.25, -0.2) is 0 Å². The summed E-state index contributed by atoms with van der Waals surface area (Å²) in [5.41, 5.74) is -0.780. The lowest BCUT2D eigenvalue weighted by Gasteiger charge is -2.20. The number of halogens is 1. The van der Waals surface area contributed by atoms with Gasteiger partial charge in [-0.1, -0.05) is 22.9 Å². The second-order valence-corrected chi connectivity index (χ2v) is 7.24. The number of amides is 1. The minimum absolute atomic E-state index is 0.186. The predicted molar refractivity (Wildman–Crippen MR) is 92.6 cm³/mol. The van der Waals surface area contributed by atoms with Crippen molar-refractivity contribution >= 4 is 34.0 Å². The van der Waals surface area contributed by atoms with Gasteiger partial charge in [0.05, 0.1) is 0 Å². The zero-order valence-corrected chi connectivity index (χ0v) is 15.0. The Bertz CT molecular complexity index is 714. The third kappa shape index (κ3) is 3.85. The van der Waals surface area contributed by atoms with E-state index in [-0.39, 0.29) is 12.0 Å². The van der Waals surface area contributed by atoms with Crippen molar-refractivity contribution in [2.75, 3.05) is 11.9 Å². The van der Waals surface area contributed by atoms with Crippen molar-refractivity contribution in [3.63, 3.8) is 0 Å². The molecule has 1 amide bonds. The maximum atomic E-state index is 12.3. The zero-order chi connectivity index (χ0) is 17.2. The van der Waals surface area contributed by atoms with E-state index >= 15 is 0 Å². The molecule has 128 valence electrons. The van der Waals surface area contributed by atoms with Gasteiger partial charge in [0.15, 0.2) is 5.01 Å². The van der Waals surface area contributed by atoms with Crippen molar-refractivity contribution in [2.24, 2.45) is 0 Å². The van der Waals surface area contributed by atoms with Crippen LogP contribution in [-0.4, -0.2) is 28.3 Å². The molecule has 6 nitrogen and oxygen atoms in total. The van der Waals surface area contributed by atoms with Crippen LogP contribution < -0.4 is 10.1 Å². The standard InChI is InChI=1S/C16H18ClN3O3S/c1-10(23-12-6-4-11(17)5-7-12)13-19-20-15(24-13)18-14(21)16(2)8-3-9-22-16/h4-7,10H,3,8-9H2,1-2H3,(H,18,20,21)/t10-,16-/m0/s1. The van der Waals surface area contributed by atoms with Crippen LogP contribution in [-0.2, 0) is 9.53 Å². The normalized spacial score (nSPS) is 21.5. The Balaban J connectivity index is 1.62. The number of aromatic nitrogens is 2. The minimum atomic E-state index is -0.780. The molecule has 24 heavy (non-hydrogen) atoms. The highest BCUT2D eigenvalue weighted by Gasteiger charge is 2.38. The topological polar surface area (TPSA) is 73.3 Å². The molecule has 0 saturated carbocycles. The van der Waals surface area contributed by atoms with Gasteiger partial charge in [-0.15, -0.1) is 10.2 Å². The predicted octanol–water partition coefficient (Wildman–Crippen LogP) is 3.84. The monoisotopic (exact) mass is 367 g/mol. The quantitative estimate of drug-likeness (QED) is 0.869. The van der Waals surface area contributed by atoms with E-state index < -0.39 is 5.60 Å². The lowest BCUT2D eigenvalue weighted by Crippen LogP contribution is -2.39. The molecule has 1 N–H and O–H groups in total. The molecule has 1 saturated heterocycles. The van der Waals surface area contributed by atoms with Crippen LogP contribution in [0.1, 0.15) is 37.8 Å². The van der Waals surface area contributed by atoms with E-state index in [1.54, 1.807) is 31.2 Å². The summed E-state index contributed by atoms with van der Waals surface area (Å²) in [5, 5.41) is 12.7. The van der Waals surface area contributed by atoms with Crippen molar-refractivity contribution in [2.45, 2.75) is 38.4 Å². The molecule has 0 aliphatic carbocycles. The van der Waals surface area contributed by atoms with Gasteiger partial charge >= 0.3 is 0 Å². The number of nitrogens with one attached hydrogen (secondary N) is 1. The van der Waals surface area contributed by atoms with Gasteiger partial charge in [-0.05, 0) is 51.0 Å².